The molecule has 0 atom stereocenters. The Morgan fingerprint density at radius 2 is 1.73 bits per heavy atom. The van der Waals surface area contributed by atoms with Gasteiger partial charge in [-0.3, -0.25) is 10.1 Å². The number of hydrogen-bond acceptors (Lipinski definition) is 8. The lowest BCUT2D eigenvalue weighted by Gasteiger charge is -2.26. The molecule has 1 aliphatic rings. The molecular formula is C22H24N4O5S2. The molecule has 33 heavy (non-hydrogen) atoms. The zero-order valence-electron chi connectivity index (χ0n) is 18.3. The number of carbonyl (C=O) groups excluding carboxylic acids is 1. The number of amides is 1. The van der Waals surface area contributed by atoms with Crippen molar-refractivity contribution in [3.63, 3.8) is 0 Å². The molecule has 1 amide bonds. The van der Waals surface area contributed by atoms with E-state index in [4.69, 9.17) is 9.47 Å². The SMILES string of the molecule is COc1ccc(-c2nnc(NC(=O)c3cc(S(=O)(=O)N4CCCCC4)ccc3OC)s2)cc1. The van der Waals surface area contributed by atoms with Crippen LogP contribution in [-0.2, 0) is 10.0 Å². The van der Waals surface area contributed by atoms with E-state index in [1.165, 1.54) is 41.0 Å². The van der Waals surface area contributed by atoms with E-state index in [2.05, 4.69) is 15.5 Å². The molecular weight excluding hydrogens is 464 g/mol. The van der Waals surface area contributed by atoms with Crippen LogP contribution in [0, 0.1) is 0 Å². The second-order valence-electron chi connectivity index (χ2n) is 7.42. The second-order valence-corrected chi connectivity index (χ2v) is 10.3. The topological polar surface area (TPSA) is 111 Å². The van der Waals surface area contributed by atoms with Crippen molar-refractivity contribution in [2.75, 3.05) is 32.6 Å². The van der Waals surface area contributed by atoms with Crippen LogP contribution in [0.4, 0.5) is 5.13 Å². The molecule has 1 aliphatic heterocycles. The van der Waals surface area contributed by atoms with Crippen molar-refractivity contribution in [2.45, 2.75) is 24.2 Å². The molecule has 4 rings (SSSR count). The number of carbonyl (C=O) groups is 1. The van der Waals surface area contributed by atoms with E-state index in [0.717, 1.165) is 30.6 Å². The highest BCUT2D eigenvalue weighted by molar-refractivity contribution is 7.89. The lowest BCUT2D eigenvalue weighted by Crippen LogP contribution is -2.35. The van der Waals surface area contributed by atoms with Gasteiger partial charge in [-0.05, 0) is 55.3 Å². The fourth-order valence-electron chi connectivity index (χ4n) is 3.57. The Morgan fingerprint density at radius 3 is 2.39 bits per heavy atom. The first kappa shape index (κ1) is 23.1. The number of sulfonamides is 1. The van der Waals surface area contributed by atoms with Crippen LogP contribution in [-0.4, -0.2) is 56.1 Å². The summed E-state index contributed by atoms with van der Waals surface area (Å²) in [6.07, 6.45) is 2.68. The highest BCUT2D eigenvalue weighted by Crippen LogP contribution is 2.30. The number of nitrogens with zero attached hydrogens (tertiary/aromatic N) is 3. The Hall–Kier alpha value is -3.02. The van der Waals surface area contributed by atoms with Gasteiger partial charge in [-0.25, -0.2) is 8.42 Å². The Morgan fingerprint density at radius 1 is 1.00 bits per heavy atom. The van der Waals surface area contributed by atoms with Crippen molar-refractivity contribution in [1.29, 1.82) is 0 Å². The minimum atomic E-state index is -3.69. The summed E-state index contributed by atoms with van der Waals surface area (Å²) >= 11 is 1.21. The van der Waals surface area contributed by atoms with Crippen LogP contribution in [0.15, 0.2) is 47.4 Å². The number of piperidine rings is 1. The molecule has 3 aromatic rings. The van der Waals surface area contributed by atoms with Crippen molar-refractivity contribution in [3.05, 3.63) is 48.0 Å². The average Bonchev–Trinajstić information content (AvgIpc) is 3.32. The van der Waals surface area contributed by atoms with Gasteiger partial charge in [0.05, 0.1) is 24.7 Å². The molecule has 0 bridgehead atoms. The summed E-state index contributed by atoms with van der Waals surface area (Å²) in [7, 11) is -0.671. The van der Waals surface area contributed by atoms with Crippen molar-refractivity contribution in [3.8, 4) is 22.1 Å². The van der Waals surface area contributed by atoms with Gasteiger partial charge in [-0.15, -0.1) is 10.2 Å². The summed E-state index contributed by atoms with van der Waals surface area (Å²) < 4.78 is 38.0. The molecule has 11 heteroatoms. The zero-order chi connectivity index (χ0) is 23.4. The number of rotatable bonds is 7. The van der Waals surface area contributed by atoms with Crippen molar-refractivity contribution >= 4 is 32.4 Å². The Kier molecular flexibility index (Phi) is 6.91. The molecule has 0 saturated carbocycles. The second kappa shape index (κ2) is 9.86. The van der Waals surface area contributed by atoms with E-state index in [0.29, 0.717) is 18.1 Å². The van der Waals surface area contributed by atoms with Crippen LogP contribution in [0.1, 0.15) is 29.6 Å². The quantitative estimate of drug-likeness (QED) is 0.540. The third-order valence-electron chi connectivity index (χ3n) is 5.35. The molecule has 1 saturated heterocycles. The maximum Gasteiger partial charge on any atom is 0.261 e. The number of aromatic nitrogens is 2. The van der Waals surface area contributed by atoms with E-state index in [-0.39, 0.29) is 21.3 Å². The summed E-state index contributed by atoms with van der Waals surface area (Å²) in [5, 5.41) is 11.8. The third kappa shape index (κ3) is 5.00. The van der Waals surface area contributed by atoms with Gasteiger partial charge in [0.2, 0.25) is 15.2 Å². The minimum Gasteiger partial charge on any atom is -0.497 e. The Balaban J connectivity index is 1.56. The molecule has 0 unspecified atom stereocenters. The molecule has 0 radical (unpaired) electrons. The number of hydrogen-bond donors (Lipinski definition) is 1. The number of methoxy groups -OCH3 is 2. The van der Waals surface area contributed by atoms with Gasteiger partial charge in [-0.1, -0.05) is 17.8 Å². The van der Waals surface area contributed by atoms with Crippen molar-refractivity contribution in [1.82, 2.24) is 14.5 Å². The van der Waals surface area contributed by atoms with Crippen LogP contribution < -0.4 is 14.8 Å². The largest absolute Gasteiger partial charge is 0.497 e. The van der Waals surface area contributed by atoms with Crippen LogP contribution >= 0.6 is 11.3 Å². The maximum atomic E-state index is 13.1. The predicted octanol–water partition coefficient (Wildman–Crippen LogP) is 3.65. The van der Waals surface area contributed by atoms with Crippen LogP contribution in [0.5, 0.6) is 11.5 Å². The van der Waals surface area contributed by atoms with Gasteiger partial charge in [-0.2, -0.15) is 4.31 Å². The first-order chi connectivity index (χ1) is 15.9. The molecule has 1 N–H and O–H groups in total. The van der Waals surface area contributed by atoms with E-state index in [1.54, 1.807) is 7.11 Å². The fourth-order valence-corrected chi connectivity index (χ4v) is 5.86. The standard InChI is InChI=1S/C22H24N4O5S2/c1-30-16-8-6-15(7-9-16)21-24-25-22(32-21)23-20(27)18-14-17(10-11-19(18)31-2)33(28,29)26-12-4-3-5-13-26/h6-11,14H,3-5,12-13H2,1-2H3,(H,23,25,27). The first-order valence-electron chi connectivity index (χ1n) is 10.4. The summed E-state index contributed by atoms with van der Waals surface area (Å²) in [5.74, 6) is 0.466. The Labute approximate surface area is 196 Å². The summed E-state index contributed by atoms with van der Waals surface area (Å²) in [6, 6.07) is 11.6. The highest BCUT2D eigenvalue weighted by atomic mass is 32.2. The molecule has 2 heterocycles. The summed E-state index contributed by atoms with van der Waals surface area (Å²) in [4.78, 5) is 13.1. The van der Waals surface area contributed by atoms with E-state index >= 15 is 0 Å². The summed E-state index contributed by atoms with van der Waals surface area (Å²) in [6.45, 7) is 0.962. The number of benzene rings is 2. The van der Waals surface area contributed by atoms with Crippen molar-refractivity contribution in [2.24, 2.45) is 0 Å². The minimum absolute atomic E-state index is 0.0616. The average molecular weight is 489 g/mol. The van der Waals surface area contributed by atoms with E-state index in [1.807, 2.05) is 24.3 Å². The maximum absolute atomic E-state index is 13.1. The van der Waals surface area contributed by atoms with Gasteiger partial charge in [0, 0.05) is 18.7 Å². The molecule has 174 valence electrons. The molecule has 0 aliphatic carbocycles. The van der Waals surface area contributed by atoms with Gasteiger partial charge < -0.3 is 9.47 Å². The van der Waals surface area contributed by atoms with Gasteiger partial charge in [0.25, 0.3) is 5.91 Å². The summed E-state index contributed by atoms with van der Waals surface area (Å²) in [5.41, 5.74) is 0.942. The predicted molar refractivity (Wildman–Crippen MR) is 125 cm³/mol. The van der Waals surface area contributed by atoms with Crippen LogP contribution in [0.2, 0.25) is 0 Å². The molecule has 9 nitrogen and oxygen atoms in total. The smallest absolute Gasteiger partial charge is 0.261 e. The van der Waals surface area contributed by atoms with Crippen LogP contribution in [0.25, 0.3) is 10.6 Å². The highest BCUT2D eigenvalue weighted by Gasteiger charge is 2.28. The molecule has 2 aromatic carbocycles. The molecule has 0 spiro atoms. The zero-order valence-corrected chi connectivity index (χ0v) is 19.9. The third-order valence-corrected chi connectivity index (χ3v) is 8.13. The monoisotopic (exact) mass is 488 g/mol. The lowest BCUT2D eigenvalue weighted by atomic mass is 10.2. The lowest BCUT2D eigenvalue weighted by molar-refractivity contribution is 0.102. The first-order valence-corrected chi connectivity index (χ1v) is 12.7. The van der Waals surface area contributed by atoms with Crippen molar-refractivity contribution < 1.29 is 22.7 Å². The number of anilines is 1. The number of ether oxygens (including phenoxy) is 2. The van der Waals surface area contributed by atoms with Crippen LogP contribution in [0.3, 0.4) is 0 Å². The fraction of sp³-hybridized carbons (Fsp3) is 0.318. The Bertz CT molecular complexity index is 1240. The van der Waals surface area contributed by atoms with Gasteiger partial charge in [0.1, 0.15) is 16.5 Å². The van der Waals surface area contributed by atoms with E-state index < -0.39 is 15.9 Å². The van der Waals surface area contributed by atoms with Gasteiger partial charge in [0.15, 0.2) is 0 Å². The molecule has 1 fully saturated rings. The van der Waals surface area contributed by atoms with Gasteiger partial charge >= 0.3 is 0 Å². The molecule has 1 aromatic heterocycles. The normalized spacial score (nSPS) is 14.6. The number of nitrogens with one attached hydrogen (secondary N) is 1. The van der Waals surface area contributed by atoms with E-state index in [9.17, 15) is 13.2 Å².